The molecule has 186 valence electrons. The predicted molar refractivity (Wildman–Crippen MR) is 134 cm³/mol. The van der Waals surface area contributed by atoms with Crippen molar-refractivity contribution in [3.8, 4) is 16.9 Å². The van der Waals surface area contributed by atoms with E-state index in [-0.39, 0.29) is 29.8 Å². The van der Waals surface area contributed by atoms with E-state index in [1.807, 2.05) is 46.3 Å². The summed E-state index contributed by atoms with van der Waals surface area (Å²) in [5.74, 6) is 0.378. The first-order valence-corrected chi connectivity index (χ1v) is 12.4. The van der Waals surface area contributed by atoms with Gasteiger partial charge in [-0.2, -0.15) is 5.10 Å². The molecule has 0 atom stereocenters. The highest BCUT2D eigenvalue weighted by Crippen LogP contribution is 2.28. The van der Waals surface area contributed by atoms with Gasteiger partial charge in [0.2, 0.25) is 11.8 Å². The lowest BCUT2D eigenvalue weighted by atomic mass is 10.0. The molecule has 1 saturated heterocycles. The van der Waals surface area contributed by atoms with Crippen LogP contribution in [0.5, 0.6) is 0 Å². The Labute approximate surface area is 209 Å². The second-order valence-electron chi connectivity index (χ2n) is 9.45. The van der Waals surface area contributed by atoms with Crippen LogP contribution in [-0.2, 0) is 16.0 Å². The average Bonchev–Trinajstić information content (AvgIpc) is 3.60. The van der Waals surface area contributed by atoms with Crippen LogP contribution in [0.3, 0.4) is 0 Å². The first-order valence-electron chi connectivity index (χ1n) is 12.4. The maximum absolute atomic E-state index is 13.3. The standard InChI is InChI=1S/C27H29N5O4/c33-25(29-14-16-30(17-15-29)27(34)21-6-4-5-7-21)18-22-19-31(23-8-2-1-3-9-23)28-26(22)20-10-12-24(13-11-20)32(35)36/h1-3,8-13,19,21H,4-7,14-18H2. The number of para-hydroxylation sites is 1. The molecule has 36 heavy (non-hydrogen) atoms. The van der Waals surface area contributed by atoms with Gasteiger partial charge in [0.15, 0.2) is 0 Å². The maximum atomic E-state index is 13.3. The van der Waals surface area contributed by atoms with Crippen LogP contribution in [0.2, 0.25) is 0 Å². The minimum absolute atomic E-state index is 0.00360. The monoisotopic (exact) mass is 487 g/mol. The van der Waals surface area contributed by atoms with Crippen LogP contribution in [-0.4, -0.2) is 62.5 Å². The summed E-state index contributed by atoms with van der Waals surface area (Å²) in [7, 11) is 0. The molecule has 5 rings (SSSR count). The number of aromatic nitrogens is 2. The second kappa shape index (κ2) is 10.3. The lowest BCUT2D eigenvalue weighted by Gasteiger charge is -2.36. The third-order valence-electron chi connectivity index (χ3n) is 7.15. The summed E-state index contributed by atoms with van der Waals surface area (Å²) in [6.45, 7) is 2.19. The zero-order valence-corrected chi connectivity index (χ0v) is 20.1. The van der Waals surface area contributed by atoms with Crippen LogP contribution in [0.1, 0.15) is 31.2 Å². The van der Waals surface area contributed by atoms with Crippen molar-refractivity contribution in [2.45, 2.75) is 32.1 Å². The van der Waals surface area contributed by atoms with E-state index in [0.717, 1.165) is 36.9 Å². The number of carbonyl (C=O) groups is 2. The zero-order chi connectivity index (χ0) is 25.1. The number of piperazine rings is 1. The largest absolute Gasteiger partial charge is 0.339 e. The van der Waals surface area contributed by atoms with Gasteiger partial charge in [0.1, 0.15) is 0 Å². The highest BCUT2D eigenvalue weighted by molar-refractivity contribution is 5.82. The number of carbonyl (C=O) groups excluding carboxylic acids is 2. The van der Waals surface area contributed by atoms with E-state index >= 15 is 0 Å². The molecule has 1 saturated carbocycles. The summed E-state index contributed by atoms with van der Waals surface area (Å²) >= 11 is 0. The maximum Gasteiger partial charge on any atom is 0.269 e. The van der Waals surface area contributed by atoms with E-state index in [9.17, 15) is 19.7 Å². The molecule has 1 aliphatic carbocycles. The average molecular weight is 488 g/mol. The van der Waals surface area contributed by atoms with Crippen LogP contribution in [0.15, 0.2) is 60.8 Å². The van der Waals surface area contributed by atoms with Crippen molar-refractivity contribution >= 4 is 17.5 Å². The molecule has 0 bridgehead atoms. The molecule has 2 aliphatic rings. The van der Waals surface area contributed by atoms with Crippen LogP contribution in [0, 0.1) is 16.0 Å². The van der Waals surface area contributed by atoms with E-state index < -0.39 is 4.92 Å². The number of nitro groups is 1. The van der Waals surface area contributed by atoms with Crippen molar-refractivity contribution < 1.29 is 14.5 Å². The molecule has 0 unspecified atom stereocenters. The fourth-order valence-electron chi connectivity index (χ4n) is 5.12. The topological polar surface area (TPSA) is 102 Å². The van der Waals surface area contributed by atoms with Gasteiger partial charge in [-0.25, -0.2) is 4.68 Å². The molecule has 2 fully saturated rings. The van der Waals surface area contributed by atoms with Gasteiger partial charge in [-0.3, -0.25) is 19.7 Å². The van der Waals surface area contributed by atoms with Crippen molar-refractivity contribution in [3.63, 3.8) is 0 Å². The highest BCUT2D eigenvalue weighted by Gasteiger charge is 2.31. The Hall–Kier alpha value is -4.01. The Morgan fingerprint density at radius 1 is 0.917 bits per heavy atom. The number of non-ortho nitro benzene ring substituents is 1. The molecule has 0 N–H and O–H groups in total. The molecule has 2 aromatic carbocycles. The molecule has 0 spiro atoms. The van der Waals surface area contributed by atoms with E-state index in [4.69, 9.17) is 5.10 Å². The Morgan fingerprint density at radius 3 is 2.19 bits per heavy atom. The molecule has 9 nitrogen and oxygen atoms in total. The molecule has 1 aromatic heterocycles. The minimum Gasteiger partial charge on any atom is -0.339 e. The van der Waals surface area contributed by atoms with Crippen molar-refractivity contribution in [1.82, 2.24) is 19.6 Å². The predicted octanol–water partition coefficient (Wildman–Crippen LogP) is 3.85. The normalized spacial score (nSPS) is 16.3. The lowest BCUT2D eigenvalue weighted by molar-refractivity contribution is -0.384. The highest BCUT2D eigenvalue weighted by atomic mass is 16.6. The van der Waals surface area contributed by atoms with Crippen molar-refractivity contribution in [1.29, 1.82) is 0 Å². The number of rotatable bonds is 6. The van der Waals surface area contributed by atoms with Gasteiger partial charge in [0, 0.05) is 61.6 Å². The van der Waals surface area contributed by atoms with Crippen LogP contribution in [0.25, 0.3) is 16.9 Å². The fourth-order valence-corrected chi connectivity index (χ4v) is 5.12. The summed E-state index contributed by atoms with van der Waals surface area (Å²) in [4.78, 5) is 40.4. The number of nitro benzene ring substituents is 1. The van der Waals surface area contributed by atoms with Gasteiger partial charge in [0.25, 0.3) is 5.69 Å². The van der Waals surface area contributed by atoms with Gasteiger partial charge < -0.3 is 9.80 Å². The third kappa shape index (κ3) is 5.00. The van der Waals surface area contributed by atoms with Gasteiger partial charge in [-0.1, -0.05) is 31.0 Å². The van der Waals surface area contributed by atoms with E-state index in [1.54, 1.807) is 16.8 Å². The molecule has 9 heteroatoms. The Morgan fingerprint density at radius 2 is 1.56 bits per heavy atom. The first-order chi connectivity index (χ1) is 17.5. The molecular weight excluding hydrogens is 458 g/mol. The molecular formula is C27H29N5O4. The molecule has 0 radical (unpaired) electrons. The van der Waals surface area contributed by atoms with Crippen molar-refractivity contribution in [2.24, 2.45) is 5.92 Å². The SMILES string of the molecule is O=C(Cc1cn(-c2ccccc2)nc1-c1ccc([N+](=O)[O-])cc1)N1CCN(C(=O)C2CCCC2)CC1. The fraction of sp³-hybridized carbons (Fsp3) is 0.370. The molecule has 1 aliphatic heterocycles. The number of hydrogen-bond donors (Lipinski definition) is 0. The number of hydrogen-bond acceptors (Lipinski definition) is 5. The van der Waals surface area contributed by atoms with Crippen LogP contribution in [0.4, 0.5) is 5.69 Å². The molecule has 2 heterocycles. The minimum atomic E-state index is -0.437. The Balaban J connectivity index is 1.33. The lowest BCUT2D eigenvalue weighted by Crippen LogP contribution is -2.52. The Bertz CT molecular complexity index is 1240. The number of amides is 2. The van der Waals surface area contributed by atoms with E-state index in [0.29, 0.717) is 37.4 Å². The van der Waals surface area contributed by atoms with E-state index in [2.05, 4.69) is 0 Å². The quantitative estimate of drug-likeness (QED) is 0.388. The summed E-state index contributed by atoms with van der Waals surface area (Å²) in [6, 6.07) is 15.8. The summed E-state index contributed by atoms with van der Waals surface area (Å²) < 4.78 is 1.73. The van der Waals surface area contributed by atoms with Gasteiger partial charge in [-0.15, -0.1) is 0 Å². The van der Waals surface area contributed by atoms with Gasteiger partial charge >= 0.3 is 0 Å². The van der Waals surface area contributed by atoms with Crippen LogP contribution < -0.4 is 0 Å². The summed E-state index contributed by atoms with van der Waals surface area (Å²) in [5, 5.41) is 15.8. The van der Waals surface area contributed by atoms with Crippen molar-refractivity contribution in [2.75, 3.05) is 26.2 Å². The van der Waals surface area contributed by atoms with Crippen LogP contribution >= 0.6 is 0 Å². The third-order valence-corrected chi connectivity index (χ3v) is 7.15. The summed E-state index contributed by atoms with van der Waals surface area (Å²) in [5.41, 5.74) is 2.95. The first kappa shape index (κ1) is 23.7. The molecule has 3 aromatic rings. The summed E-state index contributed by atoms with van der Waals surface area (Å²) in [6.07, 6.45) is 6.23. The van der Waals surface area contributed by atoms with Crippen molar-refractivity contribution in [3.05, 3.63) is 76.5 Å². The van der Waals surface area contributed by atoms with E-state index in [1.165, 1.54) is 12.1 Å². The smallest absolute Gasteiger partial charge is 0.269 e. The number of nitrogens with zero attached hydrogens (tertiary/aromatic N) is 5. The second-order valence-corrected chi connectivity index (χ2v) is 9.45. The molecule has 2 amide bonds. The Kier molecular flexibility index (Phi) is 6.79. The van der Waals surface area contributed by atoms with Gasteiger partial charge in [-0.05, 0) is 37.1 Å². The van der Waals surface area contributed by atoms with Gasteiger partial charge in [0.05, 0.1) is 22.7 Å². The number of benzene rings is 2. The zero-order valence-electron chi connectivity index (χ0n) is 20.1.